The molecule has 2 aliphatic heterocycles. The Labute approximate surface area is 176 Å². The first-order chi connectivity index (χ1) is 14.8. The molecule has 0 aliphatic carbocycles. The van der Waals surface area contributed by atoms with E-state index in [9.17, 15) is 24.9 Å². The number of carboxylic acid groups (broad SMARTS) is 1. The number of ether oxygens (including phenoxy) is 2. The monoisotopic (exact) mass is 424 g/mol. The van der Waals surface area contributed by atoms with Crippen LogP contribution in [0.5, 0.6) is 5.75 Å². The molecule has 0 saturated carbocycles. The second-order valence-corrected chi connectivity index (χ2v) is 7.95. The lowest BCUT2D eigenvalue weighted by Gasteiger charge is -2.37. The highest BCUT2D eigenvalue weighted by atomic mass is 16.6. The van der Waals surface area contributed by atoms with E-state index in [4.69, 9.17) is 9.47 Å². The third-order valence-electron chi connectivity index (χ3n) is 6.38. The van der Waals surface area contributed by atoms with Crippen LogP contribution in [0.4, 0.5) is 0 Å². The van der Waals surface area contributed by atoms with Crippen molar-refractivity contribution in [3.63, 3.8) is 0 Å². The van der Waals surface area contributed by atoms with Crippen LogP contribution in [-0.4, -0.2) is 50.2 Å². The maximum Gasteiger partial charge on any atom is 0.354 e. The summed E-state index contributed by atoms with van der Waals surface area (Å²) in [6.45, 7) is 1.91. The van der Waals surface area contributed by atoms with Crippen molar-refractivity contribution in [2.45, 2.75) is 25.7 Å². The van der Waals surface area contributed by atoms with Gasteiger partial charge in [-0.3, -0.25) is 0 Å². The molecule has 0 spiro atoms. The highest BCUT2D eigenvalue weighted by Crippen LogP contribution is 2.47. The van der Waals surface area contributed by atoms with Gasteiger partial charge in [0.15, 0.2) is 0 Å². The number of esters is 1. The van der Waals surface area contributed by atoms with Crippen molar-refractivity contribution in [3.05, 3.63) is 47.5 Å². The minimum atomic E-state index is -1.18. The van der Waals surface area contributed by atoms with Crippen LogP contribution in [0.3, 0.4) is 0 Å². The molecule has 2 aliphatic rings. The molecule has 0 unspecified atom stereocenters. The normalized spacial score (nSPS) is 24.8. The Morgan fingerprint density at radius 1 is 1.26 bits per heavy atom. The number of pyridine rings is 1. The first-order valence-corrected chi connectivity index (χ1v) is 9.83. The zero-order chi connectivity index (χ0) is 22.0. The quantitative estimate of drug-likeness (QED) is 0.534. The maximum absolute atomic E-state index is 12.4. The topological polar surface area (TPSA) is 131 Å². The van der Waals surface area contributed by atoms with Crippen molar-refractivity contribution >= 4 is 33.7 Å². The van der Waals surface area contributed by atoms with E-state index < -0.39 is 30.1 Å². The summed E-state index contributed by atoms with van der Waals surface area (Å²) in [5, 5.41) is 31.7. The minimum Gasteiger partial charge on any atom is -0.508 e. The van der Waals surface area contributed by atoms with Crippen molar-refractivity contribution in [2.24, 2.45) is 11.8 Å². The van der Waals surface area contributed by atoms with Gasteiger partial charge in [0, 0.05) is 34.2 Å². The van der Waals surface area contributed by atoms with Crippen molar-refractivity contribution in [3.8, 4) is 5.75 Å². The number of aromatic hydroxyl groups is 1. The first kappa shape index (κ1) is 19.4. The molecule has 9 heteroatoms. The molecule has 31 heavy (non-hydrogen) atoms. The fourth-order valence-corrected chi connectivity index (χ4v) is 5.06. The van der Waals surface area contributed by atoms with Crippen molar-refractivity contribution in [2.75, 3.05) is 7.11 Å². The molecule has 1 aromatic carbocycles. The molecule has 0 amide bonds. The first-order valence-electron chi connectivity index (χ1n) is 9.83. The zero-order valence-electron chi connectivity index (χ0n) is 16.8. The number of aliphatic hydroxyl groups excluding tert-OH is 1. The summed E-state index contributed by atoms with van der Waals surface area (Å²) >= 11 is 0. The van der Waals surface area contributed by atoms with Gasteiger partial charge < -0.3 is 29.4 Å². The zero-order valence-corrected chi connectivity index (χ0v) is 16.8. The Morgan fingerprint density at radius 3 is 2.74 bits per heavy atom. The molecule has 5 rings (SSSR count). The number of hydrogen-bond donors (Lipinski definition) is 3. The van der Waals surface area contributed by atoms with Crippen LogP contribution < -0.4 is 0 Å². The number of benzene rings is 1. The van der Waals surface area contributed by atoms with Crippen LogP contribution in [-0.2, 0) is 20.7 Å². The Hall–Kier alpha value is -3.59. The number of hydrogen-bond acceptors (Lipinski definition) is 7. The maximum atomic E-state index is 12.4. The molecule has 0 saturated heterocycles. The van der Waals surface area contributed by atoms with E-state index in [1.54, 1.807) is 18.2 Å². The lowest BCUT2D eigenvalue weighted by atomic mass is 9.77. The Morgan fingerprint density at radius 2 is 2.03 bits per heavy atom. The van der Waals surface area contributed by atoms with Gasteiger partial charge in [-0.2, -0.15) is 0 Å². The van der Waals surface area contributed by atoms with Gasteiger partial charge in [0.2, 0.25) is 6.29 Å². The number of carboxylic acids is 1. The van der Waals surface area contributed by atoms with Gasteiger partial charge in [0.1, 0.15) is 11.4 Å². The lowest BCUT2D eigenvalue weighted by molar-refractivity contribution is -0.147. The van der Waals surface area contributed by atoms with E-state index in [-0.39, 0.29) is 29.5 Å². The molecular formula is C22H20N2O7. The number of aliphatic hydroxyl groups is 1. The van der Waals surface area contributed by atoms with Gasteiger partial charge in [-0.05, 0) is 37.6 Å². The van der Waals surface area contributed by atoms with Gasteiger partial charge in [0.05, 0.1) is 30.2 Å². The number of aromatic nitrogens is 2. The number of aromatic carboxylic acids is 1. The van der Waals surface area contributed by atoms with Crippen LogP contribution in [0, 0.1) is 11.8 Å². The predicted octanol–water partition coefficient (Wildman–Crippen LogP) is 2.35. The summed E-state index contributed by atoms with van der Waals surface area (Å²) in [5.41, 5.74) is 2.10. The van der Waals surface area contributed by atoms with Crippen molar-refractivity contribution < 1.29 is 34.4 Å². The summed E-state index contributed by atoms with van der Waals surface area (Å²) in [6, 6.07) is 6.04. The van der Waals surface area contributed by atoms with E-state index in [1.165, 1.54) is 19.4 Å². The number of phenolic OH excluding ortho intramolecular Hbond substituents is 1. The summed E-state index contributed by atoms with van der Waals surface area (Å²) in [7, 11) is 1.27. The molecule has 3 aromatic rings. The van der Waals surface area contributed by atoms with Gasteiger partial charge >= 0.3 is 11.9 Å². The summed E-state index contributed by atoms with van der Waals surface area (Å²) in [4.78, 5) is 28.6. The Balaban J connectivity index is 1.86. The van der Waals surface area contributed by atoms with Crippen LogP contribution in [0.2, 0.25) is 0 Å². The summed E-state index contributed by atoms with van der Waals surface area (Å²) in [6.07, 6.45) is 0.265. The number of carbonyl (C=O) groups is 2. The van der Waals surface area contributed by atoms with E-state index in [0.717, 1.165) is 5.52 Å². The fourth-order valence-electron chi connectivity index (χ4n) is 5.06. The second-order valence-electron chi connectivity index (χ2n) is 7.95. The second kappa shape index (κ2) is 6.71. The molecule has 4 heterocycles. The minimum absolute atomic E-state index is 0.0568. The number of phenols is 1. The largest absolute Gasteiger partial charge is 0.508 e. The summed E-state index contributed by atoms with van der Waals surface area (Å²) < 4.78 is 12.3. The van der Waals surface area contributed by atoms with Crippen LogP contribution in [0.25, 0.3) is 21.8 Å². The van der Waals surface area contributed by atoms with Gasteiger partial charge in [0.25, 0.3) is 0 Å². The van der Waals surface area contributed by atoms with Gasteiger partial charge in [-0.1, -0.05) is 0 Å². The van der Waals surface area contributed by atoms with Gasteiger partial charge in [-0.25, -0.2) is 14.6 Å². The Kier molecular flexibility index (Phi) is 4.19. The molecule has 160 valence electrons. The Bertz CT molecular complexity index is 1290. The highest BCUT2D eigenvalue weighted by molar-refractivity contribution is 6.11. The van der Waals surface area contributed by atoms with E-state index >= 15 is 0 Å². The third kappa shape index (κ3) is 2.70. The molecule has 3 N–H and O–H groups in total. The smallest absolute Gasteiger partial charge is 0.354 e. The molecule has 0 bridgehead atoms. The molecule has 9 nitrogen and oxygen atoms in total. The highest BCUT2D eigenvalue weighted by Gasteiger charge is 2.45. The van der Waals surface area contributed by atoms with E-state index in [0.29, 0.717) is 22.0 Å². The molecular weight excluding hydrogens is 404 g/mol. The number of carbonyl (C=O) groups excluding carboxylic acids is 1. The van der Waals surface area contributed by atoms with E-state index in [1.807, 2.05) is 11.5 Å². The van der Waals surface area contributed by atoms with Crippen LogP contribution >= 0.6 is 0 Å². The van der Waals surface area contributed by atoms with Crippen molar-refractivity contribution in [1.82, 2.24) is 9.55 Å². The molecule has 2 aromatic heterocycles. The molecule has 0 fully saturated rings. The standard InChI is InChI=1S/C22H20N2O7/c1-9-18-12(14(21(28)30-2)8-31-22(18)29)6-15-19-13(7-16(23-15)20(26)27)11-5-10(25)3-4-17(11)24(9)19/h3-5,7-9,12,18,22,25,29H,6H2,1-2H3,(H,26,27)/t9-,12+,18+,22-/m0/s1. The van der Waals surface area contributed by atoms with Crippen LogP contribution in [0.15, 0.2) is 36.1 Å². The average Bonchev–Trinajstić information content (AvgIpc) is 2.99. The van der Waals surface area contributed by atoms with Crippen LogP contribution in [0.1, 0.15) is 29.1 Å². The third-order valence-corrected chi connectivity index (χ3v) is 6.38. The fraction of sp³-hybridized carbons (Fsp3) is 0.318. The number of rotatable bonds is 2. The van der Waals surface area contributed by atoms with Crippen molar-refractivity contribution in [1.29, 1.82) is 0 Å². The number of methoxy groups -OCH3 is 1. The van der Waals surface area contributed by atoms with Gasteiger partial charge in [-0.15, -0.1) is 0 Å². The average molecular weight is 424 g/mol. The van der Waals surface area contributed by atoms with E-state index in [2.05, 4.69) is 4.98 Å². The SMILES string of the molecule is COC(=O)C1=CO[C@H](O)[C@H]2[C@@H]1Cc1nc(C(=O)O)cc3c4cc(O)ccc4n(c13)[C@H]2C. The predicted molar refractivity (Wildman–Crippen MR) is 108 cm³/mol. The molecule has 0 radical (unpaired) electrons. The number of fused-ring (bicyclic) bond motifs is 4. The lowest BCUT2D eigenvalue weighted by Crippen LogP contribution is -2.40. The number of nitrogens with zero attached hydrogens (tertiary/aromatic N) is 2. The summed E-state index contributed by atoms with van der Waals surface area (Å²) in [5.74, 6) is -2.70. The molecule has 4 atom stereocenters.